The number of phosphoric ester groups is 1. The Bertz CT molecular complexity index is 1530. The number of unbranched alkanes of at least 4 members (excludes halogenated alkanes) is 57. The monoisotopic (exact) mass is 1260 g/mol. The van der Waals surface area contributed by atoms with Crippen molar-refractivity contribution in [3.05, 3.63) is 36.5 Å². The number of quaternary nitrogens is 1. The third kappa shape index (κ3) is 72.2. The molecular weight excluding hydrogens is 1100 g/mol. The highest BCUT2D eigenvalue weighted by atomic mass is 31.2. The molecule has 8 nitrogen and oxygen atoms in total. The fourth-order valence-electron chi connectivity index (χ4n) is 12.3. The van der Waals surface area contributed by atoms with E-state index in [4.69, 9.17) is 9.05 Å². The van der Waals surface area contributed by atoms with Crippen LogP contribution in [-0.2, 0) is 18.4 Å². The summed E-state index contributed by atoms with van der Waals surface area (Å²) >= 11 is 0. The van der Waals surface area contributed by atoms with Gasteiger partial charge >= 0.3 is 7.82 Å². The minimum atomic E-state index is -4.35. The van der Waals surface area contributed by atoms with Crippen LogP contribution in [0.1, 0.15) is 412 Å². The van der Waals surface area contributed by atoms with Crippen LogP contribution in [0.5, 0.6) is 0 Å². The Morgan fingerprint density at radius 2 is 0.648 bits per heavy atom. The van der Waals surface area contributed by atoms with E-state index in [0.717, 1.165) is 38.5 Å². The van der Waals surface area contributed by atoms with Gasteiger partial charge in [-0.2, -0.15) is 0 Å². The summed E-state index contributed by atoms with van der Waals surface area (Å²) in [6.45, 7) is 4.87. The van der Waals surface area contributed by atoms with Crippen molar-refractivity contribution in [1.29, 1.82) is 0 Å². The largest absolute Gasteiger partial charge is 0.472 e. The first-order valence-corrected chi connectivity index (χ1v) is 40.9. The molecule has 522 valence electrons. The van der Waals surface area contributed by atoms with E-state index in [9.17, 15) is 19.4 Å². The molecule has 0 saturated carbocycles. The molecular formula is C79H156N2O6P+. The highest BCUT2D eigenvalue weighted by Gasteiger charge is 2.28. The lowest BCUT2D eigenvalue weighted by molar-refractivity contribution is -0.870. The lowest BCUT2D eigenvalue weighted by Gasteiger charge is -2.25. The first-order valence-electron chi connectivity index (χ1n) is 39.4. The van der Waals surface area contributed by atoms with Gasteiger partial charge in [-0.3, -0.25) is 13.8 Å². The van der Waals surface area contributed by atoms with Gasteiger partial charge in [-0.05, 0) is 51.4 Å². The second-order valence-corrected chi connectivity index (χ2v) is 29.9. The van der Waals surface area contributed by atoms with Crippen molar-refractivity contribution in [2.45, 2.75) is 424 Å². The van der Waals surface area contributed by atoms with Crippen molar-refractivity contribution in [1.82, 2.24) is 5.32 Å². The topological polar surface area (TPSA) is 105 Å². The van der Waals surface area contributed by atoms with Crippen molar-refractivity contribution in [3.63, 3.8) is 0 Å². The van der Waals surface area contributed by atoms with Crippen molar-refractivity contribution < 1.29 is 32.9 Å². The number of rotatable bonds is 74. The quantitative estimate of drug-likeness (QED) is 0.0243. The summed E-state index contributed by atoms with van der Waals surface area (Å²) in [5.41, 5.74) is 0. The van der Waals surface area contributed by atoms with Gasteiger partial charge in [0, 0.05) is 6.42 Å². The zero-order valence-corrected chi connectivity index (χ0v) is 60.9. The van der Waals surface area contributed by atoms with Crippen LogP contribution in [-0.4, -0.2) is 73.4 Å². The first kappa shape index (κ1) is 86.7. The van der Waals surface area contributed by atoms with Crippen LogP contribution in [0, 0.1) is 0 Å². The Morgan fingerprint density at radius 3 is 0.932 bits per heavy atom. The zero-order chi connectivity index (χ0) is 64.1. The third-order valence-corrected chi connectivity index (χ3v) is 19.3. The second kappa shape index (κ2) is 70.0. The minimum Gasteiger partial charge on any atom is -0.387 e. The van der Waals surface area contributed by atoms with E-state index >= 15 is 0 Å². The number of nitrogens with zero attached hydrogens (tertiary/aromatic N) is 1. The van der Waals surface area contributed by atoms with Crippen molar-refractivity contribution in [2.75, 3.05) is 40.9 Å². The van der Waals surface area contributed by atoms with E-state index in [1.807, 2.05) is 27.2 Å². The summed E-state index contributed by atoms with van der Waals surface area (Å²) in [5, 5.41) is 14.0. The van der Waals surface area contributed by atoms with Crippen LogP contribution in [0.3, 0.4) is 0 Å². The van der Waals surface area contributed by atoms with Gasteiger partial charge in [-0.1, -0.05) is 391 Å². The van der Waals surface area contributed by atoms with E-state index in [-0.39, 0.29) is 19.1 Å². The van der Waals surface area contributed by atoms with Crippen LogP contribution < -0.4 is 5.32 Å². The normalized spacial score (nSPS) is 13.7. The van der Waals surface area contributed by atoms with Gasteiger partial charge in [0.1, 0.15) is 13.2 Å². The summed E-state index contributed by atoms with van der Waals surface area (Å²) in [4.78, 5) is 23.5. The number of allylic oxidation sites excluding steroid dienone is 5. The number of hydrogen-bond donors (Lipinski definition) is 3. The highest BCUT2D eigenvalue weighted by molar-refractivity contribution is 7.47. The molecule has 0 heterocycles. The van der Waals surface area contributed by atoms with Crippen molar-refractivity contribution in [3.8, 4) is 0 Å². The Balaban J connectivity index is 3.90. The predicted molar refractivity (Wildman–Crippen MR) is 388 cm³/mol. The number of aliphatic hydroxyl groups excluding tert-OH is 1. The fourth-order valence-corrected chi connectivity index (χ4v) is 13.0. The van der Waals surface area contributed by atoms with Gasteiger partial charge in [0.05, 0.1) is 39.9 Å². The molecule has 0 fully saturated rings. The molecule has 0 aliphatic carbocycles. The Labute approximate surface area is 550 Å². The molecule has 0 bridgehead atoms. The van der Waals surface area contributed by atoms with Crippen LogP contribution >= 0.6 is 7.82 Å². The molecule has 3 atom stereocenters. The number of hydrogen-bond acceptors (Lipinski definition) is 5. The van der Waals surface area contributed by atoms with Crippen LogP contribution in [0.4, 0.5) is 0 Å². The van der Waals surface area contributed by atoms with Gasteiger partial charge < -0.3 is 19.8 Å². The van der Waals surface area contributed by atoms with Crippen LogP contribution in [0.15, 0.2) is 36.5 Å². The molecule has 0 aromatic carbocycles. The summed E-state index contributed by atoms with van der Waals surface area (Å²) < 4.78 is 23.9. The van der Waals surface area contributed by atoms with Gasteiger partial charge in [-0.25, -0.2) is 4.57 Å². The van der Waals surface area contributed by atoms with Gasteiger partial charge in [0.2, 0.25) is 5.91 Å². The molecule has 0 aliphatic rings. The number of phosphoric acid groups is 1. The highest BCUT2D eigenvalue weighted by Crippen LogP contribution is 2.43. The number of likely N-dealkylation sites (N-methyl/N-ethyl adjacent to an activating group) is 1. The number of carbonyl (C=O) groups excluding carboxylic acids is 1. The van der Waals surface area contributed by atoms with E-state index in [1.54, 1.807) is 6.08 Å². The average Bonchev–Trinajstić information content (AvgIpc) is 3.71. The third-order valence-electron chi connectivity index (χ3n) is 18.4. The van der Waals surface area contributed by atoms with E-state index in [1.165, 1.54) is 353 Å². The molecule has 9 heteroatoms. The summed E-state index contributed by atoms with van der Waals surface area (Å²) in [6.07, 6.45) is 94.8. The van der Waals surface area contributed by atoms with Crippen LogP contribution in [0.25, 0.3) is 0 Å². The van der Waals surface area contributed by atoms with Crippen molar-refractivity contribution in [2.24, 2.45) is 0 Å². The first-order chi connectivity index (χ1) is 43.0. The summed E-state index contributed by atoms with van der Waals surface area (Å²) in [5.74, 6) is -0.167. The number of amides is 1. The Morgan fingerprint density at radius 1 is 0.386 bits per heavy atom. The average molecular weight is 1260 g/mol. The standard InChI is InChI=1S/C79H155N2O6P/c1-6-8-10-12-14-16-18-20-22-24-26-28-30-32-33-34-35-36-37-38-39-40-41-42-43-44-45-46-47-49-51-53-55-57-59-61-63-65-67-69-71-73-79(83)80-77(76-87-88(84,85)86-75-74-81(3,4)5)78(82)72-70-68-66-64-62-60-58-56-54-52-50-48-31-29-27-25-23-21-19-17-15-13-11-9-7-2/h18,20,24,26,70,72,77-78,82H,6-17,19,21-23,25,27-69,71,73-76H2,1-5H3,(H-,80,83,84,85)/p+1/b20-18-,26-24-,72-70+. The molecule has 0 aromatic rings. The zero-order valence-electron chi connectivity index (χ0n) is 60.0. The number of aliphatic hydroxyl groups is 1. The fraction of sp³-hybridized carbons (Fsp3) is 0.911. The van der Waals surface area contributed by atoms with E-state index in [0.29, 0.717) is 17.4 Å². The maximum atomic E-state index is 13.1. The van der Waals surface area contributed by atoms with Gasteiger partial charge in [-0.15, -0.1) is 0 Å². The summed E-state index contributed by atoms with van der Waals surface area (Å²) in [7, 11) is 1.59. The van der Waals surface area contributed by atoms with Gasteiger partial charge in [0.25, 0.3) is 0 Å². The minimum absolute atomic E-state index is 0.0645. The maximum Gasteiger partial charge on any atom is 0.472 e. The molecule has 0 aliphatic heterocycles. The molecule has 0 rings (SSSR count). The molecule has 1 amide bonds. The van der Waals surface area contributed by atoms with E-state index in [2.05, 4.69) is 43.5 Å². The molecule has 0 saturated heterocycles. The molecule has 0 spiro atoms. The smallest absolute Gasteiger partial charge is 0.387 e. The lowest BCUT2D eigenvalue weighted by Crippen LogP contribution is -2.45. The SMILES string of the molecule is CCCCCCC/C=C\C/C=C\CCCCCCCCCCCCCCCCCCCCCCCCCCCCCCCC(=O)NC(COP(=O)(O)OCC[N+](C)(C)C)C(O)/C=C/CCCCCCCCCCCCCCCCCCCCCCCCC. The molecule has 0 radical (unpaired) electrons. The number of nitrogens with one attached hydrogen (secondary N) is 1. The number of carbonyl (C=O) groups is 1. The maximum absolute atomic E-state index is 13.1. The Hall–Kier alpha value is -1.28. The Kier molecular flexibility index (Phi) is 69.0. The lowest BCUT2D eigenvalue weighted by atomic mass is 10.0. The molecule has 3 unspecified atom stereocenters. The summed E-state index contributed by atoms with van der Waals surface area (Å²) in [6, 6.07) is -0.846. The predicted octanol–water partition coefficient (Wildman–Crippen LogP) is 25.6. The second-order valence-electron chi connectivity index (χ2n) is 28.4. The van der Waals surface area contributed by atoms with Crippen LogP contribution in [0.2, 0.25) is 0 Å². The molecule has 3 N–H and O–H groups in total. The van der Waals surface area contributed by atoms with Crippen molar-refractivity contribution >= 4 is 13.7 Å². The molecule has 0 aromatic heterocycles. The van der Waals surface area contributed by atoms with Gasteiger partial charge in [0.15, 0.2) is 0 Å². The van der Waals surface area contributed by atoms with E-state index < -0.39 is 20.0 Å². The molecule has 88 heavy (non-hydrogen) atoms.